The average molecular weight is 255 g/mol. The van der Waals surface area contributed by atoms with Crippen LogP contribution in [-0.4, -0.2) is 12.7 Å². The zero-order chi connectivity index (χ0) is 13.3. The van der Waals surface area contributed by atoms with Gasteiger partial charge in [0.25, 0.3) is 0 Å². The molecule has 1 atom stereocenters. The van der Waals surface area contributed by atoms with E-state index < -0.39 is 23.3 Å². The smallest absolute Gasteiger partial charge is 0.133 e. The van der Waals surface area contributed by atoms with Gasteiger partial charge in [-0.3, -0.25) is 0 Å². The molecule has 1 aliphatic rings. The highest BCUT2D eigenvalue weighted by Gasteiger charge is 2.42. The predicted molar refractivity (Wildman–Crippen MR) is 66.2 cm³/mol. The van der Waals surface area contributed by atoms with Crippen LogP contribution in [0.5, 0.6) is 0 Å². The topological polar surface area (TPSA) is 35.2 Å². The van der Waals surface area contributed by atoms with E-state index >= 15 is 0 Å². The molecule has 2 N–H and O–H groups in total. The molecule has 1 aromatic rings. The molecule has 100 valence electrons. The minimum atomic E-state index is -0.759. The summed E-state index contributed by atoms with van der Waals surface area (Å²) in [5.74, 6) is -1.14. The van der Waals surface area contributed by atoms with E-state index in [1.54, 1.807) is 14.0 Å². The Bertz CT molecular complexity index is 442. The standard InChI is InChI=1S/C14H19F2NO/c1-9-5-6-10(15)11(12(9)16)13(17)14(18-2)7-3-4-8-14/h5-6,13H,3-4,7-8,17H2,1-2H3. The van der Waals surface area contributed by atoms with E-state index in [4.69, 9.17) is 10.5 Å². The second kappa shape index (κ2) is 4.94. The maximum Gasteiger partial charge on any atom is 0.133 e. The Labute approximate surface area is 106 Å². The van der Waals surface area contributed by atoms with E-state index in [0.717, 1.165) is 25.7 Å². The first kappa shape index (κ1) is 13.4. The van der Waals surface area contributed by atoms with Gasteiger partial charge < -0.3 is 10.5 Å². The summed E-state index contributed by atoms with van der Waals surface area (Å²) in [6.07, 6.45) is 3.46. The first-order valence-electron chi connectivity index (χ1n) is 6.27. The molecule has 2 rings (SSSR count). The quantitative estimate of drug-likeness (QED) is 0.900. The van der Waals surface area contributed by atoms with Crippen molar-refractivity contribution in [1.82, 2.24) is 0 Å². The highest BCUT2D eigenvalue weighted by molar-refractivity contribution is 5.31. The summed E-state index contributed by atoms with van der Waals surface area (Å²) in [5.41, 5.74) is 5.85. The van der Waals surface area contributed by atoms with Gasteiger partial charge in [-0.25, -0.2) is 8.78 Å². The number of aryl methyl sites for hydroxylation is 1. The van der Waals surface area contributed by atoms with Gasteiger partial charge in [0.1, 0.15) is 11.6 Å². The van der Waals surface area contributed by atoms with Gasteiger partial charge in [0, 0.05) is 12.7 Å². The number of hydrogen-bond donors (Lipinski definition) is 1. The first-order chi connectivity index (χ1) is 8.52. The van der Waals surface area contributed by atoms with Crippen molar-refractivity contribution >= 4 is 0 Å². The number of halogens is 2. The summed E-state index contributed by atoms with van der Waals surface area (Å²) in [7, 11) is 1.57. The minimum Gasteiger partial charge on any atom is -0.376 e. The van der Waals surface area contributed by atoms with Crippen LogP contribution in [0, 0.1) is 18.6 Å². The summed E-state index contributed by atoms with van der Waals surface area (Å²) in [4.78, 5) is 0. The molecular formula is C14H19F2NO. The van der Waals surface area contributed by atoms with Crippen molar-refractivity contribution in [3.8, 4) is 0 Å². The lowest BCUT2D eigenvalue weighted by atomic mass is 9.86. The Morgan fingerprint density at radius 2 is 1.89 bits per heavy atom. The van der Waals surface area contributed by atoms with Crippen LogP contribution in [0.2, 0.25) is 0 Å². The fourth-order valence-corrected chi connectivity index (χ4v) is 2.84. The highest BCUT2D eigenvalue weighted by Crippen LogP contribution is 2.42. The summed E-state index contributed by atoms with van der Waals surface area (Å²) in [6, 6.07) is 1.94. The third-order valence-corrected chi connectivity index (χ3v) is 4.05. The number of ether oxygens (including phenoxy) is 1. The van der Waals surface area contributed by atoms with Gasteiger partial charge in [-0.2, -0.15) is 0 Å². The molecule has 1 fully saturated rings. The van der Waals surface area contributed by atoms with Crippen LogP contribution < -0.4 is 5.73 Å². The van der Waals surface area contributed by atoms with Gasteiger partial charge in [-0.15, -0.1) is 0 Å². The van der Waals surface area contributed by atoms with Gasteiger partial charge >= 0.3 is 0 Å². The third kappa shape index (κ3) is 2.04. The van der Waals surface area contributed by atoms with E-state index in [1.165, 1.54) is 12.1 Å². The molecular weight excluding hydrogens is 236 g/mol. The summed E-state index contributed by atoms with van der Waals surface area (Å²) in [6.45, 7) is 1.61. The molecule has 1 unspecified atom stereocenters. The van der Waals surface area contributed by atoms with E-state index in [9.17, 15) is 8.78 Å². The SMILES string of the molecule is COC1(C(N)c2c(F)ccc(C)c2F)CCCC1. The van der Waals surface area contributed by atoms with Crippen LogP contribution in [-0.2, 0) is 4.74 Å². The summed E-state index contributed by atoms with van der Waals surface area (Å²) >= 11 is 0. The number of nitrogens with two attached hydrogens (primary N) is 1. The zero-order valence-corrected chi connectivity index (χ0v) is 10.8. The number of hydrogen-bond acceptors (Lipinski definition) is 2. The molecule has 0 aliphatic heterocycles. The average Bonchev–Trinajstić information content (AvgIpc) is 2.84. The second-order valence-corrected chi connectivity index (χ2v) is 5.05. The predicted octanol–water partition coefficient (Wildman–Crippen LogP) is 3.23. The maximum atomic E-state index is 14.1. The lowest BCUT2D eigenvalue weighted by Gasteiger charge is -2.34. The summed E-state index contributed by atoms with van der Waals surface area (Å²) in [5, 5.41) is 0. The van der Waals surface area contributed by atoms with Crippen molar-refractivity contribution in [3.05, 3.63) is 34.9 Å². The van der Waals surface area contributed by atoms with Crippen LogP contribution in [0.25, 0.3) is 0 Å². The van der Waals surface area contributed by atoms with Crippen molar-refractivity contribution in [2.75, 3.05) is 7.11 Å². The molecule has 1 aliphatic carbocycles. The molecule has 2 nitrogen and oxygen atoms in total. The van der Waals surface area contributed by atoms with Crippen LogP contribution in [0.1, 0.15) is 42.9 Å². The van der Waals surface area contributed by atoms with Gasteiger partial charge in [-0.1, -0.05) is 18.9 Å². The van der Waals surface area contributed by atoms with Gasteiger partial charge in [-0.05, 0) is 31.4 Å². The molecule has 0 radical (unpaired) electrons. The lowest BCUT2D eigenvalue weighted by molar-refractivity contribution is -0.0280. The highest BCUT2D eigenvalue weighted by atomic mass is 19.1. The zero-order valence-electron chi connectivity index (χ0n) is 10.8. The van der Waals surface area contributed by atoms with E-state index in [0.29, 0.717) is 5.56 Å². The first-order valence-corrected chi connectivity index (χ1v) is 6.27. The van der Waals surface area contributed by atoms with Crippen molar-refractivity contribution in [2.45, 2.75) is 44.2 Å². The molecule has 0 aromatic heterocycles. The fraction of sp³-hybridized carbons (Fsp3) is 0.571. The molecule has 18 heavy (non-hydrogen) atoms. The van der Waals surface area contributed by atoms with E-state index in [1.807, 2.05) is 0 Å². The normalized spacial score (nSPS) is 20.1. The largest absolute Gasteiger partial charge is 0.376 e. The molecule has 1 saturated carbocycles. The number of rotatable bonds is 3. The summed E-state index contributed by atoms with van der Waals surface area (Å²) < 4.78 is 33.5. The molecule has 0 bridgehead atoms. The van der Waals surface area contributed by atoms with Crippen molar-refractivity contribution in [1.29, 1.82) is 0 Å². The molecule has 4 heteroatoms. The Hall–Kier alpha value is -1.00. The molecule has 0 spiro atoms. The van der Waals surface area contributed by atoms with Crippen LogP contribution >= 0.6 is 0 Å². The van der Waals surface area contributed by atoms with E-state index in [2.05, 4.69) is 0 Å². The Kier molecular flexibility index (Phi) is 3.69. The van der Waals surface area contributed by atoms with Crippen LogP contribution in [0.4, 0.5) is 8.78 Å². The van der Waals surface area contributed by atoms with Crippen LogP contribution in [0.3, 0.4) is 0 Å². The molecule has 0 amide bonds. The lowest BCUT2D eigenvalue weighted by Crippen LogP contribution is -2.41. The van der Waals surface area contributed by atoms with Crippen molar-refractivity contribution in [2.24, 2.45) is 5.73 Å². The minimum absolute atomic E-state index is 0.0428. The van der Waals surface area contributed by atoms with Crippen LogP contribution in [0.15, 0.2) is 12.1 Å². The van der Waals surface area contributed by atoms with Crippen molar-refractivity contribution in [3.63, 3.8) is 0 Å². The maximum absolute atomic E-state index is 14.1. The van der Waals surface area contributed by atoms with Crippen molar-refractivity contribution < 1.29 is 13.5 Å². The monoisotopic (exact) mass is 255 g/mol. The Morgan fingerprint density at radius 3 is 2.44 bits per heavy atom. The fourth-order valence-electron chi connectivity index (χ4n) is 2.84. The second-order valence-electron chi connectivity index (χ2n) is 5.05. The third-order valence-electron chi connectivity index (χ3n) is 4.05. The number of methoxy groups -OCH3 is 1. The van der Waals surface area contributed by atoms with E-state index in [-0.39, 0.29) is 5.56 Å². The number of benzene rings is 1. The molecule has 1 aromatic carbocycles. The van der Waals surface area contributed by atoms with Gasteiger partial charge in [0.2, 0.25) is 0 Å². The van der Waals surface area contributed by atoms with Gasteiger partial charge in [0.05, 0.1) is 11.6 Å². The van der Waals surface area contributed by atoms with Gasteiger partial charge in [0.15, 0.2) is 0 Å². The Morgan fingerprint density at radius 1 is 1.28 bits per heavy atom. The molecule has 0 saturated heterocycles. The Balaban J connectivity index is 2.45. The molecule has 0 heterocycles.